The van der Waals surface area contributed by atoms with Crippen molar-refractivity contribution in [2.75, 3.05) is 0 Å². The average Bonchev–Trinajstić information content (AvgIpc) is 3.09. The zero-order valence-electron chi connectivity index (χ0n) is 13.8. The number of nitro benzene ring substituents is 1. The third-order valence-corrected chi connectivity index (χ3v) is 4.11. The van der Waals surface area contributed by atoms with Gasteiger partial charge >= 0.3 is 0 Å². The van der Waals surface area contributed by atoms with Crippen LogP contribution >= 0.6 is 11.6 Å². The fraction of sp³-hybridized carbons (Fsp3) is 0.0500. The Balaban J connectivity index is 1.80. The molecule has 1 aromatic heterocycles. The molecule has 2 aromatic carbocycles. The van der Waals surface area contributed by atoms with Crippen LogP contribution in [0.5, 0.6) is 0 Å². The Kier molecular flexibility index (Phi) is 5.00. The van der Waals surface area contributed by atoms with Crippen LogP contribution in [0.1, 0.15) is 21.7 Å². The second-order valence-corrected chi connectivity index (χ2v) is 6.10. The monoisotopic (exact) mass is 367 g/mol. The summed E-state index contributed by atoms with van der Waals surface area (Å²) in [4.78, 5) is 22.6. The van der Waals surface area contributed by atoms with E-state index < -0.39 is 4.92 Å². The first-order valence-corrected chi connectivity index (χ1v) is 8.15. The molecular weight excluding hydrogens is 354 g/mol. The molecule has 26 heavy (non-hydrogen) atoms. The predicted molar refractivity (Wildman–Crippen MR) is 100 cm³/mol. The van der Waals surface area contributed by atoms with Gasteiger partial charge in [-0.2, -0.15) is 0 Å². The Morgan fingerprint density at radius 1 is 1.12 bits per heavy atom. The van der Waals surface area contributed by atoms with E-state index in [2.05, 4.69) is 0 Å². The number of aryl methyl sites for hydroxylation is 1. The highest BCUT2D eigenvalue weighted by atomic mass is 35.5. The SMILES string of the molecule is Cc1ccc(C(=O)C=Cc2ccc(-c3ccc(Cl)c([N+](=O)[O-])c3)o2)cc1. The summed E-state index contributed by atoms with van der Waals surface area (Å²) < 4.78 is 5.64. The van der Waals surface area contributed by atoms with Crippen LogP contribution in [-0.4, -0.2) is 10.7 Å². The first kappa shape index (κ1) is 17.6. The minimum atomic E-state index is -0.546. The van der Waals surface area contributed by atoms with Crippen molar-refractivity contribution in [1.82, 2.24) is 0 Å². The number of ketones is 1. The summed E-state index contributed by atoms with van der Waals surface area (Å²) in [5, 5.41) is 11.0. The number of nitrogens with zero attached hydrogens (tertiary/aromatic N) is 1. The Morgan fingerprint density at radius 3 is 2.54 bits per heavy atom. The zero-order chi connectivity index (χ0) is 18.7. The molecule has 0 N–H and O–H groups in total. The average molecular weight is 368 g/mol. The van der Waals surface area contributed by atoms with Gasteiger partial charge in [0.2, 0.25) is 0 Å². The van der Waals surface area contributed by atoms with Gasteiger partial charge in [-0.15, -0.1) is 0 Å². The third kappa shape index (κ3) is 3.90. The van der Waals surface area contributed by atoms with Gasteiger partial charge < -0.3 is 4.42 Å². The van der Waals surface area contributed by atoms with Gasteiger partial charge in [-0.3, -0.25) is 14.9 Å². The van der Waals surface area contributed by atoms with Crippen molar-refractivity contribution in [2.45, 2.75) is 6.92 Å². The van der Waals surface area contributed by atoms with Gasteiger partial charge in [0.1, 0.15) is 16.5 Å². The lowest BCUT2D eigenvalue weighted by atomic mass is 10.1. The standard InChI is InChI=1S/C20H14ClNO4/c1-13-2-4-14(5-3-13)19(23)10-7-16-8-11-20(26-16)15-6-9-17(21)18(12-15)22(24)25/h2-12H,1H3. The number of carbonyl (C=O) groups excluding carboxylic acids is 1. The van der Waals surface area contributed by atoms with E-state index >= 15 is 0 Å². The van der Waals surface area contributed by atoms with E-state index in [9.17, 15) is 14.9 Å². The van der Waals surface area contributed by atoms with E-state index in [0.717, 1.165) is 5.56 Å². The second-order valence-electron chi connectivity index (χ2n) is 5.69. The largest absolute Gasteiger partial charge is 0.457 e. The number of hydrogen-bond acceptors (Lipinski definition) is 4. The summed E-state index contributed by atoms with van der Waals surface area (Å²) in [6.07, 6.45) is 2.99. The molecule has 0 aliphatic rings. The molecule has 0 saturated carbocycles. The van der Waals surface area contributed by atoms with E-state index in [1.54, 1.807) is 36.4 Å². The van der Waals surface area contributed by atoms with Gasteiger partial charge in [0, 0.05) is 17.2 Å². The molecule has 0 aliphatic carbocycles. The van der Waals surface area contributed by atoms with Crippen molar-refractivity contribution in [3.05, 3.63) is 92.7 Å². The van der Waals surface area contributed by atoms with Gasteiger partial charge in [-0.25, -0.2) is 0 Å². The normalized spacial score (nSPS) is 11.0. The first-order chi connectivity index (χ1) is 12.4. The van der Waals surface area contributed by atoms with Crippen molar-refractivity contribution < 1.29 is 14.1 Å². The lowest BCUT2D eigenvalue weighted by Crippen LogP contribution is -1.93. The minimum absolute atomic E-state index is 0.0640. The van der Waals surface area contributed by atoms with Crippen molar-refractivity contribution in [1.29, 1.82) is 0 Å². The predicted octanol–water partition coefficient (Wildman–Crippen LogP) is 5.71. The number of halogens is 1. The van der Waals surface area contributed by atoms with E-state index in [1.807, 2.05) is 19.1 Å². The molecule has 5 nitrogen and oxygen atoms in total. The van der Waals surface area contributed by atoms with Crippen LogP contribution in [-0.2, 0) is 0 Å². The second kappa shape index (κ2) is 7.37. The van der Waals surface area contributed by atoms with Crippen LogP contribution in [0.15, 0.2) is 65.1 Å². The molecule has 0 aliphatic heterocycles. The van der Waals surface area contributed by atoms with Crippen molar-refractivity contribution in [3.63, 3.8) is 0 Å². The number of furan rings is 1. The Morgan fingerprint density at radius 2 is 1.85 bits per heavy atom. The third-order valence-electron chi connectivity index (χ3n) is 3.79. The smallest absolute Gasteiger partial charge is 0.288 e. The molecule has 0 spiro atoms. The van der Waals surface area contributed by atoms with E-state index in [1.165, 1.54) is 18.2 Å². The maximum absolute atomic E-state index is 12.1. The highest BCUT2D eigenvalue weighted by Crippen LogP contribution is 2.31. The van der Waals surface area contributed by atoms with Gasteiger partial charge in [0.05, 0.1) is 4.92 Å². The van der Waals surface area contributed by atoms with Crippen molar-refractivity contribution in [3.8, 4) is 11.3 Å². The Hall–Kier alpha value is -3.18. The van der Waals surface area contributed by atoms with Crippen molar-refractivity contribution >= 4 is 29.1 Å². The number of nitro groups is 1. The summed E-state index contributed by atoms with van der Waals surface area (Å²) >= 11 is 5.82. The molecule has 0 amide bonds. The summed E-state index contributed by atoms with van der Waals surface area (Å²) in [6.45, 7) is 1.95. The van der Waals surface area contributed by atoms with Crippen molar-refractivity contribution in [2.24, 2.45) is 0 Å². The highest BCUT2D eigenvalue weighted by Gasteiger charge is 2.15. The summed E-state index contributed by atoms with van der Waals surface area (Å²) in [6, 6.07) is 15.1. The molecule has 6 heteroatoms. The number of rotatable bonds is 5. The lowest BCUT2D eigenvalue weighted by Gasteiger charge is -1.99. The number of allylic oxidation sites excluding steroid dienone is 1. The molecule has 3 rings (SSSR count). The Bertz CT molecular complexity index is 1000. The summed E-state index contributed by atoms with van der Waals surface area (Å²) in [5.74, 6) is 0.787. The number of hydrogen-bond donors (Lipinski definition) is 0. The summed E-state index contributed by atoms with van der Waals surface area (Å²) in [5.41, 5.74) is 2.02. The lowest BCUT2D eigenvalue weighted by molar-refractivity contribution is -0.384. The van der Waals surface area contributed by atoms with Gasteiger partial charge in [0.25, 0.3) is 5.69 Å². The summed E-state index contributed by atoms with van der Waals surface area (Å²) in [7, 11) is 0. The molecule has 3 aromatic rings. The molecule has 0 radical (unpaired) electrons. The molecule has 0 saturated heterocycles. The molecule has 130 valence electrons. The molecular formula is C20H14ClNO4. The first-order valence-electron chi connectivity index (χ1n) is 7.77. The van der Waals surface area contributed by atoms with E-state index in [-0.39, 0.29) is 16.5 Å². The topological polar surface area (TPSA) is 73.3 Å². The zero-order valence-corrected chi connectivity index (χ0v) is 14.6. The Labute approximate surface area is 154 Å². The van der Waals surface area contributed by atoms with Gasteiger partial charge in [-0.05, 0) is 43.3 Å². The molecule has 1 heterocycles. The molecule has 0 fully saturated rings. The minimum Gasteiger partial charge on any atom is -0.457 e. The molecule has 0 atom stereocenters. The highest BCUT2D eigenvalue weighted by molar-refractivity contribution is 6.32. The molecule has 0 unspecified atom stereocenters. The van der Waals surface area contributed by atoms with E-state index in [4.69, 9.17) is 16.0 Å². The fourth-order valence-corrected chi connectivity index (χ4v) is 2.56. The van der Waals surface area contributed by atoms with Crippen LogP contribution in [0.2, 0.25) is 5.02 Å². The number of benzene rings is 2. The van der Waals surface area contributed by atoms with Crippen LogP contribution in [0.25, 0.3) is 17.4 Å². The maximum atomic E-state index is 12.1. The number of carbonyl (C=O) groups is 1. The van der Waals surface area contributed by atoms with Crippen LogP contribution in [0, 0.1) is 17.0 Å². The van der Waals surface area contributed by atoms with Crippen LogP contribution in [0.3, 0.4) is 0 Å². The maximum Gasteiger partial charge on any atom is 0.288 e. The van der Waals surface area contributed by atoms with Gasteiger partial charge in [-0.1, -0.05) is 41.4 Å². The van der Waals surface area contributed by atoms with Gasteiger partial charge in [0.15, 0.2) is 5.78 Å². The fourth-order valence-electron chi connectivity index (χ4n) is 2.38. The van der Waals surface area contributed by atoms with E-state index in [0.29, 0.717) is 22.6 Å². The van der Waals surface area contributed by atoms with Crippen LogP contribution < -0.4 is 0 Å². The molecule has 0 bridgehead atoms. The van der Waals surface area contributed by atoms with Crippen LogP contribution in [0.4, 0.5) is 5.69 Å². The quantitative estimate of drug-likeness (QED) is 0.250.